The lowest BCUT2D eigenvalue weighted by atomic mass is 9.93. The van der Waals surface area contributed by atoms with Gasteiger partial charge >= 0.3 is 0 Å². The molecule has 3 fully saturated rings. The highest BCUT2D eigenvalue weighted by Gasteiger charge is 2.57. The Bertz CT molecular complexity index is 299. The van der Waals surface area contributed by atoms with Crippen molar-refractivity contribution in [1.29, 1.82) is 0 Å². The number of likely N-dealkylation sites (tertiary alicyclic amines) is 1. The van der Waals surface area contributed by atoms with Gasteiger partial charge in [0.15, 0.2) is 0 Å². The van der Waals surface area contributed by atoms with Crippen molar-refractivity contribution in [2.75, 3.05) is 13.1 Å². The Balaban J connectivity index is 1.52. The van der Waals surface area contributed by atoms with Gasteiger partial charge in [-0.15, -0.1) is 11.6 Å². The van der Waals surface area contributed by atoms with Crippen LogP contribution in [0.3, 0.4) is 0 Å². The highest BCUT2D eigenvalue weighted by Crippen LogP contribution is 2.58. The number of alkyl halides is 1. The molecule has 2 nitrogen and oxygen atoms in total. The van der Waals surface area contributed by atoms with Gasteiger partial charge in [0.25, 0.3) is 0 Å². The van der Waals surface area contributed by atoms with Crippen molar-refractivity contribution in [3.63, 3.8) is 0 Å². The molecular formula is C14H22ClNO. The van der Waals surface area contributed by atoms with Gasteiger partial charge < -0.3 is 4.90 Å². The lowest BCUT2D eigenvalue weighted by Crippen LogP contribution is -2.41. The van der Waals surface area contributed by atoms with Crippen LogP contribution in [-0.4, -0.2) is 29.3 Å². The maximum Gasteiger partial charge on any atom is 0.226 e. The second kappa shape index (κ2) is 4.46. The molecule has 1 amide bonds. The Labute approximate surface area is 109 Å². The van der Waals surface area contributed by atoms with Gasteiger partial charge in [-0.2, -0.15) is 0 Å². The summed E-state index contributed by atoms with van der Waals surface area (Å²) in [4.78, 5) is 14.5. The molecule has 3 aliphatic rings. The van der Waals surface area contributed by atoms with E-state index in [2.05, 4.69) is 11.8 Å². The first-order chi connectivity index (χ1) is 8.18. The minimum Gasteiger partial charge on any atom is -0.342 e. The SMILES string of the molecule is CC(Cl)C1CCN(C(=O)C2C3CCCC32)CC1. The van der Waals surface area contributed by atoms with Gasteiger partial charge in [-0.05, 0) is 50.4 Å². The van der Waals surface area contributed by atoms with E-state index in [0.717, 1.165) is 37.8 Å². The van der Waals surface area contributed by atoms with Crippen molar-refractivity contribution in [3.05, 3.63) is 0 Å². The van der Waals surface area contributed by atoms with E-state index in [1.807, 2.05) is 0 Å². The summed E-state index contributed by atoms with van der Waals surface area (Å²) in [6, 6.07) is 0. The molecule has 1 aliphatic heterocycles. The standard InChI is InChI=1S/C14H22ClNO/c1-9(15)10-5-7-16(8-6-10)14(17)13-11-3-2-4-12(11)13/h9-13H,2-8H2,1H3. The van der Waals surface area contributed by atoms with E-state index >= 15 is 0 Å². The van der Waals surface area contributed by atoms with Gasteiger partial charge in [-0.1, -0.05) is 6.42 Å². The largest absolute Gasteiger partial charge is 0.342 e. The average molecular weight is 256 g/mol. The Hall–Kier alpha value is -0.240. The summed E-state index contributed by atoms with van der Waals surface area (Å²) in [6.07, 6.45) is 6.15. The molecule has 17 heavy (non-hydrogen) atoms. The third-order valence-corrected chi connectivity index (χ3v) is 5.55. The number of halogens is 1. The molecule has 0 aromatic rings. The fourth-order valence-electron chi connectivity index (χ4n) is 3.98. The van der Waals surface area contributed by atoms with Crippen LogP contribution in [0.25, 0.3) is 0 Å². The molecule has 1 saturated heterocycles. The summed E-state index contributed by atoms with van der Waals surface area (Å²) >= 11 is 6.13. The Morgan fingerprint density at radius 1 is 1.18 bits per heavy atom. The third-order valence-electron chi connectivity index (χ3n) is 5.19. The van der Waals surface area contributed by atoms with Crippen LogP contribution in [0.1, 0.15) is 39.0 Å². The first-order valence-electron chi connectivity index (χ1n) is 7.11. The van der Waals surface area contributed by atoms with Crippen LogP contribution >= 0.6 is 11.6 Å². The maximum absolute atomic E-state index is 12.3. The lowest BCUT2D eigenvalue weighted by Gasteiger charge is -2.33. The molecule has 0 aromatic carbocycles. The van der Waals surface area contributed by atoms with Crippen LogP contribution in [0.4, 0.5) is 0 Å². The molecule has 96 valence electrons. The lowest BCUT2D eigenvalue weighted by molar-refractivity contribution is -0.134. The maximum atomic E-state index is 12.3. The molecular weight excluding hydrogens is 234 g/mol. The van der Waals surface area contributed by atoms with E-state index in [1.54, 1.807) is 0 Å². The third kappa shape index (κ3) is 2.09. The Kier molecular flexibility index (Phi) is 3.10. The number of carbonyl (C=O) groups excluding carboxylic acids is 1. The zero-order valence-corrected chi connectivity index (χ0v) is 11.3. The molecule has 2 aliphatic carbocycles. The number of rotatable bonds is 2. The summed E-state index contributed by atoms with van der Waals surface area (Å²) in [6.45, 7) is 3.96. The number of nitrogens with zero attached hydrogens (tertiary/aromatic N) is 1. The van der Waals surface area contributed by atoms with Crippen molar-refractivity contribution in [1.82, 2.24) is 4.90 Å². The van der Waals surface area contributed by atoms with Gasteiger partial charge in [0.05, 0.1) is 0 Å². The molecule has 2 saturated carbocycles. The fraction of sp³-hybridized carbons (Fsp3) is 0.929. The molecule has 0 radical (unpaired) electrons. The van der Waals surface area contributed by atoms with Crippen LogP contribution < -0.4 is 0 Å². The Morgan fingerprint density at radius 2 is 1.76 bits per heavy atom. The molecule has 1 heterocycles. The summed E-state index contributed by atoms with van der Waals surface area (Å²) in [7, 11) is 0. The van der Waals surface area contributed by atoms with E-state index in [0.29, 0.717) is 17.7 Å². The van der Waals surface area contributed by atoms with Gasteiger partial charge in [0, 0.05) is 24.4 Å². The summed E-state index contributed by atoms with van der Waals surface area (Å²) in [5, 5.41) is 0.257. The molecule has 3 heteroatoms. The van der Waals surface area contributed by atoms with Crippen LogP contribution in [0.2, 0.25) is 0 Å². The van der Waals surface area contributed by atoms with E-state index in [-0.39, 0.29) is 5.38 Å². The van der Waals surface area contributed by atoms with Crippen molar-refractivity contribution < 1.29 is 4.79 Å². The van der Waals surface area contributed by atoms with Crippen molar-refractivity contribution >= 4 is 17.5 Å². The first-order valence-corrected chi connectivity index (χ1v) is 7.55. The van der Waals surface area contributed by atoms with E-state index in [1.165, 1.54) is 19.3 Å². The molecule has 0 spiro atoms. The molecule has 0 N–H and O–H groups in total. The molecule has 0 bridgehead atoms. The number of fused-ring (bicyclic) bond motifs is 1. The second-order valence-corrected chi connectivity index (χ2v) is 6.81. The minimum absolute atomic E-state index is 0.257. The monoisotopic (exact) mass is 255 g/mol. The molecule has 0 aromatic heterocycles. The van der Waals surface area contributed by atoms with Crippen LogP contribution in [0.15, 0.2) is 0 Å². The van der Waals surface area contributed by atoms with Gasteiger partial charge in [-0.3, -0.25) is 4.79 Å². The summed E-state index contributed by atoms with van der Waals surface area (Å²) < 4.78 is 0. The predicted molar refractivity (Wildman–Crippen MR) is 68.9 cm³/mol. The normalized spacial score (nSPS) is 38.9. The van der Waals surface area contributed by atoms with Gasteiger partial charge in [0.1, 0.15) is 0 Å². The average Bonchev–Trinajstić information content (AvgIpc) is 2.81. The summed E-state index contributed by atoms with van der Waals surface area (Å²) in [5.74, 6) is 2.99. The number of hydrogen-bond donors (Lipinski definition) is 0. The van der Waals surface area contributed by atoms with Crippen molar-refractivity contribution in [3.8, 4) is 0 Å². The highest BCUT2D eigenvalue weighted by atomic mass is 35.5. The van der Waals surface area contributed by atoms with Gasteiger partial charge in [0.2, 0.25) is 5.91 Å². The zero-order valence-electron chi connectivity index (χ0n) is 10.6. The fourth-order valence-corrected chi connectivity index (χ4v) is 4.23. The van der Waals surface area contributed by atoms with Crippen molar-refractivity contribution in [2.45, 2.75) is 44.4 Å². The predicted octanol–water partition coefficient (Wildman–Crippen LogP) is 2.90. The molecule has 3 atom stereocenters. The minimum atomic E-state index is 0.257. The molecule has 3 rings (SSSR count). The Morgan fingerprint density at radius 3 is 2.29 bits per heavy atom. The van der Waals surface area contributed by atoms with E-state index in [9.17, 15) is 4.79 Å². The topological polar surface area (TPSA) is 20.3 Å². The number of carbonyl (C=O) groups is 1. The number of amides is 1. The first kappa shape index (κ1) is 11.8. The highest BCUT2D eigenvalue weighted by molar-refractivity contribution is 6.20. The number of hydrogen-bond acceptors (Lipinski definition) is 1. The van der Waals surface area contributed by atoms with Gasteiger partial charge in [-0.25, -0.2) is 0 Å². The van der Waals surface area contributed by atoms with Crippen LogP contribution in [0, 0.1) is 23.7 Å². The van der Waals surface area contributed by atoms with Crippen LogP contribution in [-0.2, 0) is 4.79 Å². The summed E-state index contributed by atoms with van der Waals surface area (Å²) in [5.41, 5.74) is 0. The van der Waals surface area contributed by atoms with E-state index < -0.39 is 0 Å². The van der Waals surface area contributed by atoms with Crippen molar-refractivity contribution in [2.24, 2.45) is 23.7 Å². The van der Waals surface area contributed by atoms with Crippen LogP contribution in [0.5, 0.6) is 0 Å². The smallest absolute Gasteiger partial charge is 0.226 e. The zero-order chi connectivity index (χ0) is 12.0. The second-order valence-electron chi connectivity index (χ2n) is 6.12. The molecule has 3 unspecified atom stereocenters. The number of piperidine rings is 1. The van der Waals surface area contributed by atoms with E-state index in [4.69, 9.17) is 11.6 Å². The quantitative estimate of drug-likeness (QED) is 0.695.